The molecule has 2 rings (SSSR count). The van der Waals surface area contributed by atoms with E-state index in [0.717, 1.165) is 12.1 Å². The number of halogens is 1. The number of benzene rings is 1. The molecule has 0 bridgehead atoms. The Morgan fingerprint density at radius 1 is 1.24 bits per heavy atom. The van der Waals surface area contributed by atoms with Gasteiger partial charge in [-0.25, -0.2) is 9.37 Å². The summed E-state index contributed by atoms with van der Waals surface area (Å²) in [6.07, 6.45) is 2.58. The van der Waals surface area contributed by atoms with Gasteiger partial charge < -0.3 is 11.5 Å². The molecule has 0 atom stereocenters. The quantitative estimate of drug-likeness (QED) is 0.554. The summed E-state index contributed by atoms with van der Waals surface area (Å²) in [7, 11) is 0. The molecular formula is C17H21FN4O2S. The number of hydrogen-bond donors (Lipinski definition) is 2. The number of primary amides is 1. The maximum atomic E-state index is 13.3. The van der Waals surface area contributed by atoms with Crippen molar-refractivity contribution in [3.05, 3.63) is 35.1 Å². The molecule has 1 aromatic heterocycles. The molecule has 8 heteroatoms. The van der Waals surface area contributed by atoms with E-state index in [0.29, 0.717) is 30.1 Å². The normalized spacial score (nSPS) is 10.6. The number of aromatic nitrogens is 1. The number of carbonyl (C=O) groups excluding carboxylic acids is 2. The van der Waals surface area contributed by atoms with Crippen LogP contribution in [0, 0.1) is 12.7 Å². The van der Waals surface area contributed by atoms with Crippen molar-refractivity contribution in [2.24, 2.45) is 5.73 Å². The van der Waals surface area contributed by atoms with E-state index in [2.05, 4.69) is 4.98 Å². The third kappa shape index (κ3) is 5.25. The largest absolute Gasteiger partial charge is 0.397 e. The van der Waals surface area contributed by atoms with Crippen LogP contribution in [0.3, 0.4) is 0 Å². The highest BCUT2D eigenvalue weighted by atomic mass is 32.1. The number of aryl methyl sites for hydroxylation is 1. The minimum absolute atomic E-state index is 0.174. The number of nitrogen functional groups attached to an aromatic ring is 1. The molecule has 134 valence electrons. The summed E-state index contributed by atoms with van der Waals surface area (Å²) >= 11 is 1.32. The second kappa shape index (κ2) is 8.57. The zero-order valence-electron chi connectivity index (χ0n) is 14.0. The molecule has 0 saturated heterocycles. The second-order valence-corrected chi connectivity index (χ2v) is 6.57. The Balaban J connectivity index is 2.15. The molecule has 2 aromatic rings. The van der Waals surface area contributed by atoms with Crippen LogP contribution in [0.4, 0.5) is 20.9 Å². The average molecular weight is 364 g/mol. The van der Waals surface area contributed by atoms with Gasteiger partial charge in [0.2, 0.25) is 11.8 Å². The lowest BCUT2D eigenvalue weighted by molar-refractivity contribution is -0.118. The zero-order valence-corrected chi connectivity index (χ0v) is 14.8. The van der Waals surface area contributed by atoms with Gasteiger partial charge in [0.05, 0.1) is 17.1 Å². The van der Waals surface area contributed by atoms with Gasteiger partial charge in [0.15, 0.2) is 5.13 Å². The van der Waals surface area contributed by atoms with Crippen LogP contribution in [0.2, 0.25) is 0 Å². The second-order valence-electron chi connectivity index (χ2n) is 5.73. The van der Waals surface area contributed by atoms with Gasteiger partial charge in [0.25, 0.3) is 0 Å². The van der Waals surface area contributed by atoms with Crippen LogP contribution in [0.15, 0.2) is 23.6 Å². The van der Waals surface area contributed by atoms with Crippen LogP contribution in [0.25, 0.3) is 0 Å². The van der Waals surface area contributed by atoms with E-state index >= 15 is 0 Å². The molecule has 0 aliphatic heterocycles. The fraction of sp³-hybridized carbons (Fsp3) is 0.353. The number of amides is 2. The Kier molecular flexibility index (Phi) is 6.46. The molecule has 0 unspecified atom stereocenters. The van der Waals surface area contributed by atoms with Crippen molar-refractivity contribution in [3.63, 3.8) is 0 Å². The van der Waals surface area contributed by atoms with Crippen molar-refractivity contribution >= 4 is 39.7 Å². The van der Waals surface area contributed by atoms with E-state index < -0.39 is 5.82 Å². The summed E-state index contributed by atoms with van der Waals surface area (Å²) in [6.45, 7) is 1.83. The number of rotatable bonds is 8. The van der Waals surface area contributed by atoms with Crippen molar-refractivity contribution < 1.29 is 14.0 Å². The van der Waals surface area contributed by atoms with Gasteiger partial charge in [-0.2, -0.15) is 0 Å². The first-order valence-corrected chi connectivity index (χ1v) is 8.85. The summed E-state index contributed by atoms with van der Waals surface area (Å²) in [5.41, 5.74) is 12.4. The number of nitrogens with two attached hydrogens (primary N) is 2. The lowest BCUT2D eigenvalue weighted by Crippen LogP contribution is -2.26. The van der Waals surface area contributed by atoms with Gasteiger partial charge in [-0.05, 0) is 38.0 Å². The number of thiazole rings is 1. The summed E-state index contributed by atoms with van der Waals surface area (Å²) < 4.78 is 13.3. The standard InChI is InChI=1S/C17H21FN4O2S/c1-11-10-25-17(21-11)22(14-8-7-12(18)9-13(14)19)16(24)6-4-2-3-5-15(20)23/h7-10H,2-6,19H2,1H3,(H2,20,23). The van der Waals surface area contributed by atoms with Gasteiger partial charge in [-0.3, -0.25) is 14.5 Å². The van der Waals surface area contributed by atoms with Gasteiger partial charge in [0.1, 0.15) is 5.82 Å². The van der Waals surface area contributed by atoms with E-state index in [1.54, 1.807) is 0 Å². The van der Waals surface area contributed by atoms with Crippen LogP contribution < -0.4 is 16.4 Å². The summed E-state index contributed by atoms with van der Waals surface area (Å²) in [4.78, 5) is 29.3. The molecule has 2 amide bonds. The number of carbonyl (C=O) groups is 2. The maximum Gasteiger partial charge on any atom is 0.233 e. The molecule has 0 radical (unpaired) electrons. The Morgan fingerprint density at radius 3 is 2.56 bits per heavy atom. The highest BCUT2D eigenvalue weighted by Gasteiger charge is 2.22. The van der Waals surface area contributed by atoms with E-state index in [1.807, 2.05) is 12.3 Å². The van der Waals surface area contributed by atoms with E-state index in [1.165, 1.54) is 34.4 Å². The third-order valence-corrected chi connectivity index (χ3v) is 4.54. The lowest BCUT2D eigenvalue weighted by atomic mass is 10.1. The molecule has 6 nitrogen and oxygen atoms in total. The van der Waals surface area contributed by atoms with Crippen LogP contribution in [-0.2, 0) is 9.59 Å². The molecule has 0 aliphatic carbocycles. The number of hydrogen-bond acceptors (Lipinski definition) is 5. The topological polar surface area (TPSA) is 102 Å². The molecule has 4 N–H and O–H groups in total. The highest BCUT2D eigenvalue weighted by molar-refractivity contribution is 7.14. The predicted octanol–water partition coefficient (Wildman–Crippen LogP) is 3.27. The lowest BCUT2D eigenvalue weighted by Gasteiger charge is -2.21. The average Bonchev–Trinajstić information content (AvgIpc) is 2.95. The van der Waals surface area contributed by atoms with Gasteiger partial charge >= 0.3 is 0 Å². The Morgan fingerprint density at radius 2 is 1.96 bits per heavy atom. The fourth-order valence-corrected chi connectivity index (χ4v) is 3.21. The van der Waals surface area contributed by atoms with Crippen molar-refractivity contribution in [1.82, 2.24) is 4.98 Å². The smallest absolute Gasteiger partial charge is 0.233 e. The summed E-state index contributed by atoms with van der Waals surface area (Å²) in [5.74, 6) is -0.979. The van der Waals surface area contributed by atoms with Crippen LogP contribution in [-0.4, -0.2) is 16.8 Å². The van der Waals surface area contributed by atoms with Crippen LogP contribution in [0.5, 0.6) is 0 Å². The Bertz CT molecular complexity index is 763. The molecule has 0 aliphatic rings. The first-order chi connectivity index (χ1) is 11.9. The first kappa shape index (κ1) is 18.9. The molecule has 0 saturated carbocycles. The summed E-state index contributed by atoms with van der Waals surface area (Å²) in [6, 6.07) is 3.93. The SMILES string of the molecule is Cc1csc(N(C(=O)CCCCCC(N)=O)c2ccc(F)cc2N)n1. The molecule has 1 aromatic carbocycles. The molecule has 0 fully saturated rings. The fourth-order valence-electron chi connectivity index (χ4n) is 2.38. The Hall–Kier alpha value is -2.48. The van der Waals surface area contributed by atoms with E-state index in [4.69, 9.17) is 11.5 Å². The third-order valence-electron chi connectivity index (χ3n) is 3.59. The Labute approximate surface area is 149 Å². The molecule has 0 spiro atoms. The highest BCUT2D eigenvalue weighted by Crippen LogP contribution is 2.34. The van der Waals surface area contributed by atoms with E-state index in [9.17, 15) is 14.0 Å². The zero-order chi connectivity index (χ0) is 18.4. The molecule has 25 heavy (non-hydrogen) atoms. The minimum atomic E-state index is -0.463. The van der Waals surface area contributed by atoms with Crippen molar-refractivity contribution in [1.29, 1.82) is 0 Å². The van der Waals surface area contributed by atoms with E-state index in [-0.39, 0.29) is 23.9 Å². The minimum Gasteiger partial charge on any atom is -0.397 e. The van der Waals surface area contributed by atoms with Crippen LogP contribution >= 0.6 is 11.3 Å². The van der Waals surface area contributed by atoms with Gasteiger partial charge in [-0.1, -0.05) is 6.42 Å². The van der Waals surface area contributed by atoms with Crippen molar-refractivity contribution in [3.8, 4) is 0 Å². The maximum absolute atomic E-state index is 13.3. The molecule has 1 heterocycles. The monoisotopic (exact) mass is 364 g/mol. The summed E-state index contributed by atoms with van der Waals surface area (Å²) in [5, 5.41) is 2.33. The van der Waals surface area contributed by atoms with Crippen molar-refractivity contribution in [2.75, 3.05) is 10.6 Å². The van der Waals surface area contributed by atoms with Crippen LogP contribution in [0.1, 0.15) is 37.8 Å². The number of anilines is 3. The van der Waals surface area contributed by atoms with Gasteiger partial charge in [-0.15, -0.1) is 11.3 Å². The predicted molar refractivity (Wildman–Crippen MR) is 97.1 cm³/mol. The first-order valence-electron chi connectivity index (χ1n) is 7.97. The number of unbranched alkanes of at least 4 members (excludes halogenated alkanes) is 2. The molecular weight excluding hydrogens is 343 g/mol. The van der Waals surface area contributed by atoms with Gasteiger partial charge in [0, 0.05) is 18.2 Å². The number of nitrogens with zero attached hydrogens (tertiary/aromatic N) is 2. The van der Waals surface area contributed by atoms with Crippen molar-refractivity contribution in [2.45, 2.75) is 39.0 Å².